The molecular formula is C16H13BrN2. The van der Waals surface area contributed by atoms with Gasteiger partial charge >= 0.3 is 0 Å². The Kier molecular flexibility index (Phi) is 3.27. The Hall–Kier alpha value is -1.79. The Morgan fingerprint density at radius 3 is 2.74 bits per heavy atom. The van der Waals surface area contributed by atoms with Crippen LogP contribution in [0.2, 0.25) is 0 Å². The molecule has 0 heterocycles. The van der Waals surface area contributed by atoms with Crippen LogP contribution < -0.4 is 5.32 Å². The summed E-state index contributed by atoms with van der Waals surface area (Å²) in [6.07, 6.45) is 3.61. The van der Waals surface area contributed by atoms with Crippen LogP contribution in [0.3, 0.4) is 0 Å². The van der Waals surface area contributed by atoms with Gasteiger partial charge in [0.1, 0.15) is 6.07 Å². The van der Waals surface area contributed by atoms with E-state index in [2.05, 4.69) is 45.5 Å². The molecule has 0 fully saturated rings. The average Bonchev–Trinajstić information content (AvgIpc) is 2.88. The number of hydrogen-bond donors (Lipinski definition) is 1. The first-order valence-electron chi connectivity index (χ1n) is 6.35. The minimum absolute atomic E-state index is 0.648. The number of benzene rings is 2. The largest absolute Gasteiger partial charge is 0.354 e. The monoisotopic (exact) mass is 312 g/mol. The summed E-state index contributed by atoms with van der Waals surface area (Å²) in [5.41, 5.74) is 5.44. The first-order valence-corrected chi connectivity index (χ1v) is 7.14. The number of rotatable bonds is 2. The molecule has 3 rings (SSSR count). The van der Waals surface area contributed by atoms with E-state index in [0.29, 0.717) is 5.56 Å². The average molecular weight is 313 g/mol. The molecule has 1 aliphatic carbocycles. The van der Waals surface area contributed by atoms with E-state index in [9.17, 15) is 0 Å². The van der Waals surface area contributed by atoms with E-state index in [0.717, 1.165) is 22.3 Å². The van der Waals surface area contributed by atoms with E-state index in [-0.39, 0.29) is 0 Å². The van der Waals surface area contributed by atoms with Gasteiger partial charge in [0.15, 0.2) is 0 Å². The Bertz CT molecular complexity index is 671. The van der Waals surface area contributed by atoms with Gasteiger partial charge < -0.3 is 5.32 Å². The Balaban J connectivity index is 1.92. The van der Waals surface area contributed by atoms with Crippen molar-refractivity contribution < 1.29 is 0 Å². The lowest BCUT2D eigenvalue weighted by molar-refractivity contribution is 0.912. The van der Waals surface area contributed by atoms with Crippen LogP contribution in [0.1, 0.15) is 23.1 Å². The Morgan fingerprint density at radius 1 is 1.05 bits per heavy atom. The number of nitriles is 1. The zero-order valence-electron chi connectivity index (χ0n) is 10.4. The highest BCUT2D eigenvalue weighted by atomic mass is 79.9. The van der Waals surface area contributed by atoms with Crippen molar-refractivity contribution >= 4 is 27.3 Å². The van der Waals surface area contributed by atoms with Gasteiger partial charge in [-0.3, -0.25) is 0 Å². The number of aryl methyl sites for hydroxylation is 2. The molecule has 0 aromatic heterocycles. The van der Waals surface area contributed by atoms with Crippen LogP contribution >= 0.6 is 15.9 Å². The number of fused-ring (bicyclic) bond motifs is 1. The molecule has 0 saturated heterocycles. The quantitative estimate of drug-likeness (QED) is 0.882. The van der Waals surface area contributed by atoms with Crippen molar-refractivity contribution in [2.24, 2.45) is 0 Å². The number of hydrogen-bond acceptors (Lipinski definition) is 2. The van der Waals surface area contributed by atoms with Crippen LogP contribution in [0.5, 0.6) is 0 Å². The highest BCUT2D eigenvalue weighted by molar-refractivity contribution is 9.10. The maximum Gasteiger partial charge on any atom is 0.101 e. The van der Waals surface area contributed by atoms with Gasteiger partial charge in [0, 0.05) is 10.2 Å². The molecule has 0 spiro atoms. The van der Waals surface area contributed by atoms with Crippen LogP contribution in [-0.2, 0) is 12.8 Å². The second-order valence-corrected chi connectivity index (χ2v) is 5.68. The SMILES string of the molecule is N#Cc1cc(Br)ccc1Nc1ccc2c(c1)CCC2. The molecule has 0 saturated carbocycles. The number of nitrogens with zero attached hydrogens (tertiary/aromatic N) is 1. The molecule has 0 atom stereocenters. The van der Waals surface area contributed by atoms with E-state index < -0.39 is 0 Å². The zero-order chi connectivity index (χ0) is 13.2. The van der Waals surface area contributed by atoms with E-state index in [1.54, 1.807) is 0 Å². The predicted molar refractivity (Wildman–Crippen MR) is 80.6 cm³/mol. The van der Waals surface area contributed by atoms with Crippen LogP contribution in [0.15, 0.2) is 40.9 Å². The lowest BCUT2D eigenvalue weighted by Crippen LogP contribution is -1.95. The van der Waals surface area contributed by atoms with Crippen LogP contribution in [0.4, 0.5) is 11.4 Å². The van der Waals surface area contributed by atoms with Gasteiger partial charge in [-0.05, 0) is 60.7 Å². The summed E-state index contributed by atoms with van der Waals surface area (Å²) in [5.74, 6) is 0. The summed E-state index contributed by atoms with van der Waals surface area (Å²) in [6.45, 7) is 0. The highest BCUT2D eigenvalue weighted by Gasteiger charge is 2.11. The summed E-state index contributed by atoms with van der Waals surface area (Å²) in [5, 5.41) is 12.5. The fourth-order valence-electron chi connectivity index (χ4n) is 2.52. The molecule has 1 aliphatic rings. The summed E-state index contributed by atoms with van der Waals surface area (Å²) in [4.78, 5) is 0. The summed E-state index contributed by atoms with van der Waals surface area (Å²) in [6, 6.07) is 14.4. The minimum Gasteiger partial charge on any atom is -0.354 e. The van der Waals surface area contributed by atoms with Gasteiger partial charge in [0.25, 0.3) is 0 Å². The minimum atomic E-state index is 0.648. The first kappa shape index (κ1) is 12.3. The van der Waals surface area contributed by atoms with E-state index in [1.165, 1.54) is 24.0 Å². The molecule has 0 unspecified atom stereocenters. The molecular weight excluding hydrogens is 300 g/mol. The smallest absolute Gasteiger partial charge is 0.101 e. The second kappa shape index (κ2) is 5.07. The van der Waals surface area contributed by atoms with Crippen LogP contribution in [0, 0.1) is 11.3 Å². The third-order valence-electron chi connectivity index (χ3n) is 3.48. The van der Waals surface area contributed by atoms with Crippen molar-refractivity contribution in [2.75, 3.05) is 5.32 Å². The molecule has 2 aromatic carbocycles. The molecule has 2 nitrogen and oxygen atoms in total. The van der Waals surface area contributed by atoms with Crippen LogP contribution in [0.25, 0.3) is 0 Å². The number of nitrogens with one attached hydrogen (secondary N) is 1. The third kappa shape index (κ3) is 2.50. The van der Waals surface area contributed by atoms with Gasteiger partial charge in [-0.1, -0.05) is 22.0 Å². The van der Waals surface area contributed by atoms with Crippen molar-refractivity contribution in [3.05, 3.63) is 57.6 Å². The fraction of sp³-hybridized carbons (Fsp3) is 0.188. The molecule has 2 aromatic rings. The summed E-state index contributed by atoms with van der Waals surface area (Å²) >= 11 is 3.38. The van der Waals surface area contributed by atoms with E-state index in [1.807, 2.05) is 18.2 Å². The van der Waals surface area contributed by atoms with Gasteiger partial charge in [-0.25, -0.2) is 0 Å². The number of anilines is 2. The van der Waals surface area contributed by atoms with Gasteiger partial charge in [-0.2, -0.15) is 5.26 Å². The fourth-order valence-corrected chi connectivity index (χ4v) is 2.88. The molecule has 19 heavy (non-hydrogen) atoms. The summed E-state index contributed by atoms with van der Waals surface area (Å²) < 4.78 is 0.920. The molecule has 0 amide bonds. The van der Waals surface area contributed by atoms with E-state index in [4.69, 9.17) is 5.26 Å². The number of halogens is 1. The van der Waals surface area contributed by atoms with Gasteiger partial charge in [-0.15, -0.1) is 0 Å². The van der Waals surface area contributed by atoms with Crippen LogP contribution in [-0.4, -0.2) is 0 Å². The lowest BCUT2D eigenvalue weighted by atomic mass is 10.1. The van der Waals surface area contributed by atoms with Crippen molar-refractivity contribution in [3.63, 3.8) is 0 Å². The van der Waals surface area contributed by atoms with Gasteiger partial charge in [0.05, 0.1) is 11.3 Å². The molecule has 0 bridgehead atoms. The second-order valence-electron chi connectivity index (χ2n) is 4.76. The topological polar surface area (TPSA) is 35.8 Å². The maximum atomic E-state index is 9.16. The molecule has 0 radical (unpaired) electrons. The first-order chi connectivity index (χ1) is 9.26. The Labute approximate surface area is 121 Å². The predicted octanol–water partition coefficient (Wildman–Crippen LogP) is 4.55. The van der Waals surface area contributed by atoms with Crippen molar-refractivity contribution in [2.45, 2.75) is 19.3 Å². The zero-order valence-corrected chi connectivity index (χ0v) is 12.0. The maximum absolute atomic E-state index is 9.16. The van der Waals surface area contributed by atoms with Crippen molar-refractivity contribution in [1.29, 1.82) is 5.26 Å². The third-order valence-corrected chi connectivity index (χ3v) is 3.97. The normalized spacial score (nSPS) is 12.8. The highest BCUT2D eigenvalue weighted by Crippen LogP contribution is 2.28. The molecule has 0 aliphatic heterocycles. The Morgan fingerprint density at radius 2 is 1.89 bits per heavy atom. The summed E-state index contributed by atoms with van der Waals surface area (Å²) in [7, 11) is 0. The van der Waals surface area contributed by atoms with Gasteiger partial charge in [0.2, 0.25) is 0 Å². The lowest BCUT2D eigenvalue weighted by Gasteiger charge is -2.10. The van der Waals surface area contributed by atoms with E-state index >= 15 is 0 Å². The molecule has 3 heteroatoms. The molecule has 94 valence electrons. The molecule has 1 N–H and O–H groups in total. The van der Waals surface area contributed by atoms with Crippen molar-refractivity contribution in [3.8, 4) is 6.07 Å². The standard InChI is InChI=1S/C16H13BrN2/c17-14-5-7-16(13(8-14)10-18)19-15-6-4-11-2-1-3-12(11)9-15/h4-9,19H,1-3H2. The van der Waals surface area contributed by atoms with Crippen molar-refractivity contribution in [1.82, 2.24) is 0 Å².